The lowest BCUT2D eigenvalue weighted by Gasteiger charge is -2.11. The number of carbonyl (C=O) groups excluding carboxylic acids is 1. The molecule has 0 bridgehead atoms. The van der Waals surface area contributed by atoms with Crippen LogP contribution in [0, 0.1) is 11.3 Å². The fourth-order valence-electron chi connectivity index (χ4n) is 2.54. The largest absolute Gasteiger partial charge is 0.457 e. The van der Waals surface area contributed by atoms with Crippen molar-refractivity contribution in [3.8, 4) is 17.4 Å². The molecule has 0 atom stereocenters. The first kappa shape index (κ1) is 22.8. The zero-order chi connectivity index (χ0) is 22.8. The van der Waals surface area contributed by atoms with Gasteiger partial charge in [0.2, 0.25) is 0 Å². The molecule has 1 N–H and O–H groups in total. The van der Waals surface area contributed by atoms with Crippen molar-refractivity contribution < 1.29 is 22.4 Å². The Balaban J connectivity index is 1.83. The summed E-state index contributed by atoms with van der Waals surface area (Å²) < 4.78 is 44.5. The van der Waals surface area contributed by atoms with Crippen molar-refractivity contribution in [2.24, 2.45) is 0 Å². The summed E-state index contributed by atoms with van der Waals surface area (Å²) in [5.41, 5.74) is -1.03. The maximum atomic E-state index is 13.0. The maximum Gasteiger partial charge on any atom is 0.417 e. The van der Waals surface area contributed by atoms with Crippen LogP contribution in [0.2, 0.25) is 15.1 Å². The van der Waals surface area contributed by atoms with Gasteiger partial charge in [-0.3, -0.25) is 4.79 Å². The molecule has 0 unspecified atom stereocenters. The third kappa shape index (κ3) is 5.42. The summed E-state index contributed by atoms with van der Waals surface area (Å²) >= 11 is 17.4. The second-order valence-corrected chi connectivity index (χ2v) is 7.37. The van der Waals surface area contributed by atoms with Gasteiger partial charge < -0.3 is 9.73 Å². The molecular formula is C21H10Cl3F3N2O2. The number of halogens is 6. The van der Waals surface area contributed by atoms with E-state index < -0.39 is 22.7 Å². The minimum atomic E-state index is -4.69. The molecule has 10 heteroatoms. The van der Waals surface area contributed by atoms with Gasteiger partial charge in [0, 0.05) is 17.3 Å². The predicted molar refractivity (Wildman–Crippen MR) is 113 cm³/mol. The van der Waals surface area contributed by atoms with Gasteiger partial charge in [-0.2, -0.15) is 18.4 Å². The van der Waals surface area contributed by atoms with Crippen molar-refractivity contribution in [2.45, 2.75) is 6.18 Å². The summed E-state index contributed by atoms with van der Waals surface area (Å²) in [7, 11) is 0. The number of carbonyl (C=O) groups is 1. The Labute approximate surface area is 189 Å². The molecule has 1 heterocycles. The van der Waals surface area contributed by atoms with Crippen LogP contribution in [0.3, 0.4) is 0 Å². The van der Waals surface area contributed by atoms with E-state index in [-0.39, 0.29) is 17.0 Å². The van der Waals surface area contributed by atoms with E-state index in [1.807, 2.05) is 0 Å². The molecule has 2 aromatic carbocycles. The number of hydrogen-bond donors (Lipinski definition) is 1. The van der Waals surface area contributed by atoms with Gasteiger partial charge in [-0.15, -0.1) is 0 Å². The van der Waals surface area contributed by atoms with Gasteiger partial charge in [0.05, 0.1) is 20.6 Å². The number of nitrogens with one attached hydrogen (secondary N) is 1. The lowest BCUT2D eigenvalue weighted by atomic mass is 10.1. The Hall–Kier alpha value is -2.92. The van der Waals surface area contributed by atoms with Gasteiger partial charge >= 0.3 is 6.18 Å². The molecule has 1 aromatic heterocycles. The number of benzene rings is 2. The minimum absolute atomic E-state index is 0.168. The molecule has 0 spiro atoms. The standard InChI is InChI=1S/C21H10Cl3F3N2O2/c22-16-5-2-13(9-15(16)21(25,26)27)29-20(30)12(10-28)7-14-3-6-19(31-14)11-1-4-17(23)18(24)8-11/h1-9H,(H,29,30)/b12-7+. The molecule has 31 heavy (non-hydrogen) atoms. The quantitative estimate of drug-likeness (QED) is 0.308. The van der Waals surface area contributed by atoms with Gasteiger partial charge in [-0.25, -0.2) is 0 Å². The molecule has 0 saturated heterocycles. The fraction of sp³-hybridized carbons (Fsp3) is 0.0476. The Morgan fingerprint density at radius 2 is 1.71 bits per heavy atom. The van der Waals surface area contributed by atoms with E-state index in [0.29, 0.717) is 27.4 Å². The second-order valence-electron chi connectivity index (χ2n) is 6.15. The Morgan fingerprint density at radius 3 is 2.35 bits per heavy atom. The van der Waals surface area contributed by atoms with Crippen molar-refractivity contribution in [1.29, 1.82) is 5.26 Å². The Bertz CT molecular complexity index is 1230. The predicted octanol–water partition coefficient (Wildman–Crippen LogP) is 7.47. The number of anilines is 1. The van der Waals surface area contributed by atoms with Gasteiger partial charge in [-0.1, -0.05) is 34.8 Å². The summed E-state index contributed by atoms with van der Waals surface area (Å²) in [6, 6.07) is 12.6. The maximum absolute atomic E-state index is 13.0. The third-order valence-electron chi connectivity index (χ3n) is 4.01. The lowest BCUT2D eigenvalue weighted by Crippen LogP contribution is -2.14. The molecule has 4 nitrogen and oxygen atoms in total. The van der Waals surface area contributed by atoms with Crippen LogP contribution >= 0.6 is 34.8 Å². The normalized spacial score (nSPS) is 11.8. The third-order valence-corrected chi connectivity index (χ3v) is 5.08. The van der Waals surface area contributed by atoms with Crippen molar-refractivity contribution in [3.63, 3.8) is 0 Å². The first-order valence-corrected chi connectivity index (χ1v) is 9.57. The molecule has 1 amide bonds. The number of furan rings is 1. The highest BCUT2D eigenvalue weighted by Crippen LogP contribution is 2.36. The summed E-state index contributed by atoms with van der Waals surface area (Å²) in [6.45, 7) is 0. The first-order chi connectivity index (χ1) is 14.6. The van der Waals surface area contributed by atoms with E-state index in [0.717, 1.165) is 12.1 Å². The van der Waals surface area contributed by atoms with E-state index in [2.05, 4.69) is 5.32 Å². The van der Waals surface area contributed by atoms with E-state index in [9.17, 15) is 23.2 Å². The van der Waals surface area contributed by atoms with Gasteiger partial charge in [0.1, 0.15) is 23.2 Å². The van der Waals surface area contributed by atoms with Crippen LogP contribution in [-0.2, 0) is 11.0 Å². The van der Waals surface area contributed by atoms with Crippen molar-refractivity contribution >= 4 is 52.5 Å². The zero-order valence-electron chi connectivity index (χ0n) is 15.2. The lowest BCUT2D eigenvalue weighted by molar-refractivity contribution is -0.137. The SMILES string of the molecule is N#C/C(=C\c1ccc(-c2ccc(Cl)c(Cl)c2)o1)C(=O)Nc1ccc(Cl)c(C(F)(F)F)c1. The number of rotatable bonds is 4. The van der Waals surface area contributed by atoms with Gasteiger partial charge in [0.25, 0.3) is 5.91 Å². The molecule has 0 fully saturated rings. The van der Waals surface area contributed by atoms with Crippen LogP contribution in [-0.4, -0.2) is 5.91 Å². The van der Waals surface area contributed by atoms with Crippen LogP contribution in [0.1, 0.15) is 11.3 Å². The molecule has 0 radical (unpaired) electrons. The van der Waals surface area contributed by atoms with Gasteiger partial charge in [0.15, 0.2) is 0 Å². The molecule has 0 saturated carbocycles. The van der Waals surface area contributed by atoms with Gasteiger partial charge in [-0.05, 0) is 48.5 Å². The van der Waals surface area contributed by atoms with Crippen molar-refractivity contribution in [3.05, 3.63) is 80.5 Å². The Morgan fingerprint density at radius 1 is 1.00 bits per heavy atom. The Kier molecular flexibility index (Phi) is 6.65. The monoisotopic (exact) mass is 484 g/mol. The molecule has 3 aromatic rings. The smallest absolute Gasteiger partial charge is 0.417 e. The summed E-state index contributed by atoms with van der Waals surface area (Å²) in [4.78, 5) is 12.4. The summed E-state index contributed by atoms with van der Waals surface area (Å²) in [5, 5.41) is 11.7. The van der Waals surface area contributed by atoms with Crippen LogP contribution in [0.4, 0.5) is 18.9 Å². The van der Waals surface area contributed by atoms with Crippen molar-refractivity contribution in [1.82, 2.24) is 0 Å². The van der Waals surface area contributed by atoms with Crippen LogP contribution in [0.25, 0.3) is 17.4 Å². The van der Waals surface area contributed by atoms with E-state index in [4.69, 9.17) is 39.2 Å². The molecule has 0 aliphatic heterocycles. The number of nitrogens with zero attached hydrogens (tertiary/aromatic N) is 1. The van der Waals surface area contributed by atoms with Crippen LogP contribution in [0.15, 0.2) is 58.5 Å². The summed E-state index contributed by atoms with van der Waals surface area (Å²) in [6.07, 6.45) is -3.53. The average Bonchev–Trinajstić information content (AvgIpc) is 3.17. The number of nitriles is 1. The van der Waals surface area contributed by atoms with Crippen molar-refractivity contribution in [2.75, 3.05) is 5.32 Å². The first-order valence-electron chi connectivity index (χ1n) is 8.43. The average molecular weight is 486 g/mol. The van der Waals surface area contributed by atoms with E-state index in [1.54, 1.807) is 30.3 Å². The van der Waals surface area contributed by atoms with E-state index in [1.165, 1.54) is 12.1 Å². The van der Waals surface area contributed by atoms with E-state index >= 15 is 0 Å². The summed E-state index contributed by atoms with van der Waals surface area (Å²) in [5.74, 6) is -0.319. The highest BCUT2D eigenvalue weighted by molar-refractivity contribution is 6.42. The molecule has 0 aliphatic carbocycles. The highest BCUT2D eigenvalue weighted by Gasteiger charge is 2.33. The number of alkyl halides is 3. The minimum Gasteiger partial charge on any atom is -0.457 e. The zero-order valence-corrected chi connectivity index (χ0v) is 17.5. The molecule has 158 valence electrons. The topological polar surface area (TPSA) is 66.0 Å². The highest BCUT2D eigenvalue weighted by atomic mass is 35.5. The second kappa shape index (κ2) is 9.06. The number of hydrogen-bond acceptors (Lipinski definition) is 3. The van der Waals surface area contributed by atoms with Crippen LogP contribution < -0.4 is 5.32 Å². The molecular weight excluding hydrogens is 476 g/mol. The number of amides is 1. The molecule has 3 rings (SSSR count). The molecule has 0 aliphatic rings. The van der Waals surface area contributed by atoms with Crippen LogP contribution in [0.5, 0.6) is 0 Å². The fourth-order valence-corrected chi connectivity index (χ4v) is 3.07.